The molecule has 130 valence electrons. The molecule has 2 aliphatic carbocycles. The van der Waals surface area contributed by atoms with Crippen molar-refractivity contribution in [3.8, 4) is 0 Å². The lowest BCUT2D eigenvalue weighted by atomic mass is 9.46. The van der Waals surface area contributed by atoms with Gasteiger partial charge in [0.1, 0.15) is 0 Å². The Kier molecular flexibility index (Phi) is 5.10. The lowest BCUT2D eigenvalue weighted by Crippen LogP contribution is -2.55. The molecule has 0 bridgehead atoms. The van der Waals surface area contributed by atoms with Crippen LogP contribution in [0.25, 0.3) is 0 Å². The summed E-state index contributed by atoms with van der Waals surface area (Å²) in [4.78, 5) is 10.9. The zero-order chi connectivity index (χ0) is 17.4. The minimum Gasteiger partial charge on any atom is -0.478 e. The predicted octanol–water partition coefficient (Wildman–Crippen LogP) is 4.57. The van der Waals surface area contributed by atoms with E-state index in [1.165, 1.54) is 18.1 Å². The molecule has 23 heavy (non-hydrogen) atoms. The van der Waals surface area contributed by atoms with Gasteiger partial charge in [-0.3, -0.25) is 0 Å². The average Bonchev–Trinajstić information content (AvgIpc) is 2.44. The Hall–Kier alpha value is -1.09. The van der Waals surface area contributed by atoms with Gasteiger partial charge in [0.05, 0.1) is 6.10 Å². The number of hydrogen-bond acceptors (Lipinski definition) is 2. The van der Waals surface area contributed by atoms with Gasteiger partial charge >= 0.3 is 5.97 Å². The smallest absolute Gasteiger partial charge is 0.328 e. The van der Waals surface area contributed by atoms with E-state index in [-0.39, 0.29) is 10.8 Å². The fourth-order valence-corrected chi connectivity index (χ4v) is 5.19. The van der Waals surface area contributed by atoms with E-state index in [9.17, 15) is 9.90 Å². The molecule has 2 rings (SSSR count). The van der Waals surface area contributed by atoms with Crippen molar-refractivity contribution < 1.29 is 15.0 Å². The molecule has 3 heteroatoms. The Morgan fingerprint density at radius 3 is 2.70 bits per heavy atom. The van der Waals surface area contributed by atoms with Crippen molar-refractivity contribution >= 4 is 5.97 Å². The quantitative estimate of drug-likeness (QED) is 0.589. The Bertz CT molecular complexity index is 533. The van der Waals surface area contributed by atoms with Crippen LogP contribution in [0.5, 0.6) is 0 Å². The summed E-state index contributed by atoms with van der Waals surface area (Å²) in [6.07, 6.45) is 8.06. The van der Waals surface area contributed by atoms with E-state index in [2.05, 4.69) is 33.8 Å². The van der Waals surface area contributed by atoms with Crippen LogP contribution in [0.15, 0.2) is 23.3 Å². The normalized spacial score (nSPS) is 39.4. The highest BCUT2D eigenvalue weighted by atomic mass is 16.4. The number of aliphatic hydroxyl groups is 1. The number of aliphatic hydroxyl groups excluding tert-OH is 1. The van der Waals surface area contributed by atoms with Crippen molar-refractivity contribution in [2.24, 2.45) is 22.7 Å². The SMILES string of the molecule is CC(=CC(=O)O)CC(O)C1(C)C(C)CCC2(C)C(C)=CCCC21. The largest absolute Gasteiger partial charge is 0.478 e. The number of fused-ring (bicyclic) bond motifs is 1. The van der Waals surface area contributed by atoms with E-state index in [1.54, 1.807) is 6.92 Å². The number of allylic oxidation sites excluding steroid dienone is 2. The number of carboxylic acids is 1. The first-order valence-corrected chi connectivity index (χ1v) is 8.87. The van der Waals surface area contributed by atoms with Gasteiger partial charge in [-0.25, -0.2) is 4.79 Å². The molecule has 0 aromatic heterocycles. The zero-order valence-corrected chi connectivity index (χ0v) is 15.2. The molecule has 0 aromatic rings. The number of carboxylic acid groups (broad SMARTS) is 1. The molecule has 0 saturated heterocycles. The van der Waals surface area contributed by atoms with Crippen molar-refractivity contribution in [1.82, 2.24) is 0 Å². The van der Waals surface area contributed by atoms with E-state index in [4.69, 9.17) is 5.11 Å². The van der Waals surface area contributed by atoms with Gasteiger partial charge in [-0.15, -0.1) is 0 Å². The van der Waals surface area contributed by atoms with E-state index in [0.717, 1.165) is 24.8 Å². The first kappa shape index (κ1) is 18.3. The molecule has 0 aromatic carbocycles. The van der Waals surface area contributed by atoms with Gasteiger partial charge in [-0.1, -0.05) is 38.0 Å². The Morgan fingerprint density at radius 2 is 2.09 bits per heavy atom. The van der Waals surface area contributed by atoms with Crippen LogP contribution in [0, 0.1) is 22.7 Å². The predicted molar refractivity (Wildman–Crippen MR) is 93.1 cm³/mol. The maximum Gasteiger partial charge on any atom is 0.328 e. The highest BCUT2D eigenvalue weighted by molar-refractivity contribution is 5.80. The van der Waals surface area contributed by atoms with Crippen molar-refractivity contribution in [1.29, 1.82) is 0 Å². The second-order valence-electron chi connectivity index (χ2n) is 8.29. The van der Waals surface area contributed by atoms with Gasteiger partial charge < -0.3 is 10.2 Å². The third-order valence-corrected chi connectivity index (χ3v) is 7.09. The van der Waals surface area contributed by atoms with Crippen LogP contribution in [0.2, 0.25) is 0 Å². The highest BCUT2D eigenvalue weighted by Crippen LogP contribution is 2.61. The van der Waals surface area contributed by atoms with Crippen molar-refractivity contribution in [3.05, 3.63) is 23.3 Å². The summed E-state index contributed by atoms with van der Waals surface area (Å²) in [5.41, 5.74) is 2.21. The summed E-state index contributed by atoms with van der Waals surface area (Å²) in [5.74, 6) is -0.0340. The second-order valence-corrected chi connectivity index (χ2v) is 8.29. The average molecular weight is 320 g/mol. The summed E-state index contributed by atoms with van der Waals surface area (Å²) in [5, 5.41) is 20.0. The highest BCUT2D eigenvalue weighted by Gasteiger charge is 2.56. The Labute approximate surface area is 140 Å². The molecule has 2 aliphatic rings. The molecule has 5 atom stereocenters. The maximum atomic E-state index is 11.1. The summed E-state index contributed by atoms with van der Waals surface area (Å²) in [6, 6.07) is 0. The number of hydrogen-bond donors (Lipinski definition) is 2. The van der Waals surface area contributed by atoms with Crippen molar-refractivity contribution in [3.63, 3.8) is 0 Å². The van der Waals surface area contributed by atoms with Crippen molar-refractivity contribution in [2.75, 3.05) is 0 Å². The zero-order valence-electron chi connectivity index (χ0n) is 15.2. The molecular weight excluding hydrogens is 288 g/mol. The summed E-state index contributed by atoms with van der Waals surface area (Å²) in [6.45, 7) is 10.9. The fraction of sp³-hybridized carbons (Fsp3) is 0.750. The van der Waals surface area contributed by atoms with Crippen LogP contribution in [-0.4, -0.2) is 22.3 Å². The standard InChI is InChI=1S/C20H32O3/c1-13(12-18(22)23)11-17(21)20(5)15(3)9-10-19(4)14(2)7-6-8-16(19)20/h7,12,15-17,21H,6,8-11H2,1-5H3,(H,22,23). The van der Waals surface area contributed by atoms with E-state index >= 15 is 0 Å². The monoisotopic (exact) mass is 320 g/mol. The van der Waals surface area contributed by atoms with Gasteiger partial charge in [0.15, 0.2) is 0 Å². The van der Waals surface area contributed by atoms with Gasteiger partial charge in [0.25, 0.3) is 0 Å². The molecule has 3 nitrogen and oxygen atoms in total. The number of rotatable bonds is 4. The third-order valence-electron chi connectivity index (χ3n) is 7.09. The van der Waals surface area contributed by atoms with Crippen LogP contribution in [0.1, 0.15) is 66.7 Å². The van der Waals surface area contributed by atoms with Crippen LogP contribution < -0.4 is 0 Å². The molecule has 1 fully saturated rings. The molecule has 0 aliphatic heterocycles. The molecule has 5 unspecified atom stereocenters. The topological polar surface area (TPSA) is 57.5 Å². The van der Waals surface area contributed by atoms with Crippen LogP contribution in [-0.2, 0) is 4.79 Å². The van der Waals surface area contributed by atoms with Crippen LogP contribution in [0.4, 0.5) is 0 Å². The van der Waals surface area contributed by atoms with Gasteiger partial charge in [-0.05, 0) is 68.6 Å². The van der Waals surface area contributed by atoms with Crippen LogP contribution in [0.3, 0.4) is 0 Å². The maximum absolute atomic E-state index is 11.1. The van der Waals surface area contributed by atoms with Gasteiger partial charge in [-0.2, -0.15) is 0 Å². The Balaban J connectivity index is 2.33. The molecule has 1 saturated carbocycles. The van der Waals surface area contributed by atoms with Gasteiger partial charge in [0.2, 0.25) is 0 Å². The minimum atomic E-state index is -0.933. The molecule has 0 spiro atoms. The third kappa shape index (κ3) is 3.13. The lowest BCUT2D eigenvalue weighted by molar-refractivity contribution is -0.131. The minimum absolute atomic E-state index is 0.171. The summed E-state index contributed by atoms with van der Waals surface area (Å²) >= 11 is 0. The first-order valence-electron chi connectivity index (χ1n) is 8.87. The lowest BCUT2D eigenvalue weighted by Gasteiger charge is -2.59. The second kappa shape index (κ2) is 6.43. The molecule has 0 heterocycles. The number of aliphatic carboxylic acids is 1. The Morgan fingerprint density at radius 1 is 1.43 bits per heavy atom. The molecule has 0 radical (unpaired) electrons. The summed E-state index contributed by atoms with van der Waals surface area (Å²) < 4.78 is 0. The molecule has 2 N–H and O–H groups in total. The first-order chi connectivity index (χ1) is 10.6. The van der Waals surface area contributed by atoms with Crippen LogP contribution >= 0.6 is 0 Å². The van der Waals surface area contributed by atoms with E-state index < -0.39 is 12.1 Å². The molecule has 0 amide bonds. The van der Waals surface area contributed by atoms with Crippen molar-refractivity contribution in [2.45, 2.75) is 72.8 Å². The van der Waals surface area contributed by atoms with E-state index in [1.807, 2.05) is 0 Å². The van der Waals surface area contributed by atoms with Gasteiger partial charge in [0, 0.05) is 6.08 Å². The fourth-order valence-electron chi connectivity index (χ4n) is 5.19. The molecular formula is C20H32O3. The number of carbonyl (C=O) groups is 1. The van der Waals surface area contributed by atoms with E-state index in [0.29, 0.717) is 18.3 Å². The summed E-state index contributed by atoms with van der Waals surface area (Å²) in [7, 11) is 0.